The molecule has 1 fully saturated rings. The summed E-state index contributed by atoms with van der Waals surface area (Å²) in [6, 6.07) is 1.66. The molecule has 1 saturated heterocycles. The van der Waals surface area contributed by atoms with E-state index in [-0.39, 0.29) is 6.54 Å². The molecule has 1 amide bonds. The van der Waals surface area contributed by atoms with Crippen molar-refractivity contribution in [2.75, 3.05) is 13.7 Å². The number of esters is 1. The lowest BCUT2D eigenvalue weighted by Gasteiger charge is -2.32. The molecular formula is C20H31BN2O6. The lowest BCUT2D eigenvalue weighted by Crippen LogP contribution is -2.41. The van der Waals surface area contributed by atoms with Crippen molar-refractivity contribution >= 4 is 25.3 Å². The highest BCUT2D eigenvalue weighted by Crippen LogP contribution is 2.38. The Labute approximate surface area is 172 Å². The average molecular weight is 406 g/mol. The Morgan fingerprint density at radius 1 is 1.21 bits per heavy atom. The summed E-state index contributed by atoms with van der Waals surface area (Å²) in [4.78, 5) is 26.7. The summed E-state index contributed by atoms with van der Waals surface area (Å²) in [6.07, 6.45) is 2.94. The van der Waals surface area contributed by atoms with Crippen molar-refractivity contribution in [2.24, 2.45) is 0 Å². The van der Waals surface area contributed by atoms with E-state index in [4.69, 9.17) is 18.8 Å². The second-order valence-corrected chi connectivity index (χ2v) is 9.00. The number of aromatic nitrogens is 1. The summed E-state index contributed by atoms with van der Waals surface area (Å²) in [5.74, 6) is -0.464. The third kappa shape index (κ3) is 5.87. The van der Waals surface area contributed by atoms with Crippen molar-refractivity contribution in [1.82, 2.24) is 10.3 Å². The van der Waals surface area contributed by atoms with Gasteiger partial charge in [-0.15, -0.1) is 0 Å². The van der Waals surface area contributed by atoms with E-state index in [1.54, 1.807) is 33.0 Å². The highest BCUT2D eigenvalue weighted by molar-refractivity contribution is 6.56. The fourth-order valence-corrected chi connectivity index (χ4v) is 2.62. The molecule has 1 aliphatic rings. The highest BCUT2D eigenvalue weighted by atomic mass is 16.7. The molecule has 9 heteroatoms. The van der Waals surface area contributed by atoms with Crippen LogP contribution in [-0.4, -0.2) is 54.6 Å². The molecule has 0 aliphatic carbocycles. The molecule has 29 heavy (non-hydrogen) atoms. The van der Waals surface area contributed by atoms with Crippen molar-refractivity contribution in [3.8, 4) is 0 Å². The minimum atomic E-state index is -0.661. The standard InChI is InChI=1S/C20H31BN2O6/c1-18(2,3)27-17(25)23-12-14(21-28-19(4,5)20(6,7)29-21)9-13-10-15(22-11-13)16(24)26-8/h9-11,22H,12H2,1-8H3,(H,23,25). The zero-order valence-corrected chi connectivity index (χ0v) is 18.5. The first kappa shape index (κ1) is 23.0. The van der Waals surface area contributed by atoms with Crippen molar-refractivity contribution in [3.05, 3.63) is 29.0 Å². The first-order chi connectivity index (χ1) is 13.2. The Morgan fingerprint density at radius 2 is 1.79 bits per heavy atom. The molecule has 8 nitrogen and oxygen atoms in total. The largest absolute Gasteiger partial charge is 0.492 e. The molecule has 0 saturated carbocycles. The van der Waals surface area contributed by atoms with Crippen LogP contribution in [0.25, 0.3) is 6.08 Å². The predicted molar refractivity (Wildman–Crippen MR) is 110 cm³/mol. The van der Waals surface area contributed by atoms with Crippen LogP contribution >= 0.6 is 0 Å². The van der Waals surface area contributed by atoms with E-state index >= 15 is 0 Å². The maximum atomic E-state index is 12.1. The minimum absolute atomic E-state index is 0.157. The van der Waals surface area contributed by atoms with Crippen molar-refractivity contribution < 1.29 is 28.4 Å². The van der Waals surface area contributed by atoms with E-state index < -0.39 is 36.0 Å². The second kappa shape index (κ2) is 8.24. The van der Waals surface area contributed by atoms with E-state index in [0.717, 1.165) is 5.56 Å². The third-order valence-electron chi connectivity index (χ3n) is 4.85. The van der Waals surface area contributed by atoms with Gasteiger partial charge in [-0.1, -0.05) is 6.08 Å². The number of alkyl carbamates (subject to hydrolysis) is 1. The number of H-pyrrole nitrogens is 1. The van der Waals surface area contributed by atoms with Gasteiger partial charge >= 0.3 is 19.2 Å². The van der Waals surface area contributed by atoms with Crippen LogP contribution in [0.5, 0.6) is 0 Å². The van der Waals surface area contributed by atoms with Gasteiger partial charge in [0, 0.05) is 12.7 Å². The smallest absolute Gasteiger partial charge is 0.464 e. The summed E-state index contributed by atoms with van der Waals surface area (Å²) in [7, 11) is 0.658. The minimum Gasteiger partial charge on any atom is -0.464 e. The van der Waals surface area contributed by atoms with E-state index in [1.807, 2.05) is 33.8 Å². The van der Waals surface area contributed by atoms with E-state index in [9.17, 15) is 9.59 Å². The van der Waals surface area contributed by atoms with Crippen molar-refractivity contribution in [2.45, 2.75) is 65.3 Å². The summed E-state index contributed by atoms with van der Waals surface area (Å²) in [5, 5.41) is 2.74. The molecule has 2 N–H and O–H groups in total. The molecule has 0 unspecified atom stereocenters. The van der Waals surface area contributed by atoms with Gasteiger partial charge in [-0.25, -0.2) is 9.59 Å². The van der Waals surface area contributed by atoms with Gasteiger partial charge in [0.05, 0.1) is 18.3 Å². The fraction of sp³-hybridized carbons (Fsp3) is 0.600. The van der Waals surface area contributed by atoms with Crippen LogP contribution in [0.2, 0.25) is 0 Å². The molecule has 0 atom stereocenters. The molecule has 1 aromatic heterocycles. The normalized spacial score (nSPS) is 18.5. The lowest BCUT2D eigenvalue weighted by molar-refractivity contribution is 0.00578. The van der Waals surface area contributed by atoms with Crippen LogP contribution in [0.1, 0.15) is 64.5 Å². The number of rotatable bonds is 5. The van der Waals surface area contributed by atoms with Gasteiger partial charge in [0.15, 0.2) is 0 Å². The van der Waals surface area contributed by atoms with Crippen molar-refractivity contribution in [1.29, 1.82) is 0 Å². The maximum Gasteiger partial charge on any atom is 0.492 e. The van der Waals surface area contributed by atoms with Gasteiger partial charge in [-0.2, -0.15) is 0 Å². The van der Waals surface area contributed by atoms with Gasteiger partial charge in [-0.3, -0.25) is 0 Å². The molecule has 160 valence electrons. The van der Waals surface area contributed by atoms with Crippen LogP contribution in [0.4, 0.5) is 4.79 Å². The number of carbonyl (C=O) groups excluding carboxylic acids is 2. The highest BCUT2D eigenvalue weighted by Gasteiger charge is 2.52. The number of methoxy groups -OCH3 is 1. The van der Waals surface area contributed by atoms with Crippen LogP contribution in [0, 0.1) is 0 Å². The second-order valence-electron chi connectivity index (χ2n) is 9.00. The first-order valence-electron chi connectivity index (χ1n) is 9.54. The summed E-state index contributed by atoms with van der Waals surface area (Å²) < 4.78 is 22.3. The van der Waals surface area contributed by atoms with E-state index in [0.29, 0.717) is 11.2 Å². The van der Waals surface area contributed by atoms with Gasteiger partial charge in [0.25, 0.3) is 0 Å². The Balaban J connectivity index is 2.25. The van der Waals surface area contributed by atoms with Crippen LogP contribution in [0.3, 0.4) is 0 Å². The van der Waals surface area contributed by atoms with Crippen molar-refractivity contribution in [3.63, 3.8) is 0 Å². The number of hydrogen-bond acceptors (Lipinski definition) is 6. The van der Waals surface area contributed by atoms with Gasteiger partial charge in [0.2, 0.25) is 0 Å². The van der Waals surface area contributed by atoms with Gasteiger partial charge in [0.1, 0.15) is 11.3 Å². The third-order valence-corrected chi connectivity index (χ3v) is 4.85. The summed E-state index contributed by atoms with van der Waals surface area (Å²) >= 11 is 0. The monoisotopic (exact) mass is 406 g/mol. The number of hydrogen-bond donors (Lipinski definition) is 2. The molecule has 0 aromatic carbocycles. The molecule has 0 radical (unpaired) electrons. The average Bonchev–Trinajstić information content (AvgIpc) is 3.11. The Kier molecular flexibility index (Phi) is 6.54. The molecule has 2 rings (SSSR count). The summed E-state index contributed by atoms with van der Waals surface area (Å²) in [5.41, 5.74) is 0.0720. The maximum absolute atomic E-state index is 12.1. The lowest BCUT2D eigenvalue weighted by atomic mass is 9.77. The zero-order chi connectivity index (χ0) is 22.0. The molecule has 2 heterocycles. The Bertz CT molecular complexity index is 775. The zero-order valence-electron chi connectivity index (χ0n) is 18.5. The number of amides is 1. The SMILES string of the molecule is COC(=O)c1cc(C=C(CNC(=O)OC(C)(C)C)B2OC(C)(C)C(C)(C)O2)c[nH]1. The molecular weight excluding hydrogens is 375 g/mol. The fourth-order valence-electron chi connectivity index (χ4n) is 2.62. The number of nitrogens with one attached hydrogen (secondary N) is 2. The first-order valence-corrected chi connectivity index (χ1v) is 9.54. The number of ether oxygens (including phenoxy) is 2. The van der Waals surface area contributed by atoms with Gasteiger partial charge < -0.3 is 29.1 Å². The Morgan fingerprint density at radius 3 is 2.31 bits per heavy atom. The number of aromatic amines is 1. The van der Waals surface area contributed by atoms with Gasteiger partial charge in [-0.05, 0) is 65.6 Å². The number of carbonyl (C=O) groups is 2. The van der Waals surface area contributed by atoms with E-state index in [2.05, 4.69) is 10.3 Å². The van der Waals surface area contributed by atoms with Crippen LogP contribution in [0.15, 0.2) is 17.7 Å². The Hall–Kier alpha value is -2.26. The quantitative estimate of drug-likeness (QED) is 0.575. The molecule has 0 spiro atoms. The molecule has 1 aromatic rings. The molecule has 1 aliphatic heterocycles. The topological polar surface area (TPSA) is 98.9 Å². The molecule has 0 bridgehead atoms. The van der Waals surface area contributed by atoms with Crippen LogP contribution in [-0.2, 0) is 18.8 Å². The van der Waals surface area contributed by atoms with Crippen LogP contribution < -0.4 is 5.32 Å². The summed E-state index contributed by atoms with van der Waals surface area (Å²) in [6.45, 7) is 13.4. The predicted octanol–water partition coefficient (Wildman–Crippen LogP) is 3.34. The van der Waals surface area contributed by atoms with E-state index in [1.165, 1.54) is 7.11 Å².